The van der Waals surface area contributed by atoms with Gasteiger partial charge in [-0.3, -0.25) is 0 Å². The normalized spacial score (nSPS) is 13.3. The van der Waals surface area contributed by atoms with Crippen molar-refractivity contribution in [2.45, 2.75) is 30.4 Å². The number of fused-ring (bicyclic) bond motifs is 32. The molecule has 0 saturated carbocycles. The molecule has 0 fully saturated rings. The van der Waals surface area contributed by atoms with Crippen molar-refractivity contribution in [2.75, 3.05) is 0 Å². The summed E-state index contributed by atoms with van der Waals surface area (Å²) in [7, 11) is 0. The molecule has 2 spiro atoms. The molecule has 28 rings (SSSR count). The Morgan fingerprint density at radius 3 is 1.03 bits per heavy atom. The number of hydrogen-bond acceptors (Lipinski definition) is 11. The molecule has 11 heteroatoms. The van der Waals surface area contributed by atoms with Crippen molar-refractivity contribution in [3.05, 3.63) is 463 Å². The summed E-state index contributed by atoms with van der Waals surface area (Å²) in [5, 5.41) is 11.8. The van der Waals surface area contributed by atoms with Crippen LogP contribution in [0.5, 0.6) is 0 Å². The topological polar surface area (TPSA) is 90.2 Å². The van der Waals surface area contributed by atoms with Crippen molar-refractivity contribution < 1.29 is 0 Å². The Bertz CT molecular complexity index is 8290. The lowest BCUT2D eigenvalue weighted by atomic mass is 9.67. The molecule has 130 heavy (non-hydrogen) atoms. The van der Waals surface area contributed by atoms with Crippen LogP contribution in [0.25, 0.3) is 197 Å². The van der Waals surface area contributed by atoms with Gasteiger partial charge in [0.05, 0.1) is 44.6 Å². The summed E-state index contributed by atoms with van der Waals surface area (Å²) < 4.78 is 4.91. The lowest BCUT2D eigenvalue weighted by molar-refractivity contribution is 0.726. The lowest BCUT2D eigenvalue weighted by Gasteiger charge is -2.40. The predicted octanol–water partition coefficient (Wildman–Crippen LogP) is 31.5. The standard InChI is InChI=1S/C60H35N3S2.C59H34N4S2/c1-3-16-36(17-4-1)56-44-31-32-49-58(65-54-29-14-12-27-48(54)60(49)46-25-10-7-20-39(46)40-21-8-11-26-47(40)60)55(44)45-34-38(30-33-50(45)61-56)51-35-52(63-59(62-51)37-18-5-2-6-19-37)43-24-15-23-42-41-22-9-13-28-53(41)64-57(42)43;1-3-16-35(17-4-1)53-42-31-32-48-55(65-51-29-14-12-27-47(51)59(48)45-25-10-7-20-38(45)39-21-8-11-26-46(39)59)52(42)44-34-37(30-33-49(44)60-53)57-61-56(36-18-5-2-6-19-36)62-58(63-57)43-24-15-23-41-40-22-9-13-28-50(40)64-54(41)43/h1-35H;1-34H. The zero-order valence-electron chi connectivity index (χ0n) is 69.6. The molecule has 604 valence electrons. The van der Waals surface area contributed by atoms with Gasteiger partial charge in [0, 0.05) is 137 Å². The van der Waals surface area contributed by atoms with Crippen LogP contribution in [0.1, 0.15) is 44.5 Å². The molecule has 18 aromatic carbocycles. The highest BCUT2D eigenvalue weighted by Gasteiger charge is 2.53. The van der Waals surface area contributed by atoms with Gasteiger partial charge in [-0.15, -0.1) is 22.7 Å². The summed E-state index contributed by atoms with van der Waals surface area (Å²) >= 11 is 7.38. The minimum absolute atomic E-state index is 0.502. The van der Waals surface area contributed by atoms with Crippen LogP contribution in [0.15, 0.2) is 438 Å². The van der Waals surface area contributed by atoms with Gasteiger partial charge in [0.25, 0.3) is 0 Å². The van der Waals surface area contributed by atoms with Gasteiger partial charge in [0.15, 0.2) is 23.3 Å². The summed E-state index contributed by atoms with van der Waals surface area (Å²) in [5.41, 5.74) is 28.4. The quantitative estimate of drug-likeness (QED) is 0.138. The highest BCUT2D eigenvalue weighted by Crippen LogP contribution is 2.66. The van der Waals surface area contributed by atoms with Gasteiger partial charge in [0.1, 0.15) is 0 Å². The Morgan fingerprint density at radius 1 is 0.192 bits per heavy atom. The molecule has 2 aliphatic heterocycles. The second kappa shape index (κ2) is 29.6. The van der Waals surface area contributed by atoms with Crippen molar-refractivity contribution in [2.24, 2.45) is 0 Å². The predicted molar refractivity (Wildman–Crippen MR) is 540 cm³/mol. The first-order valence-corrected chi connectivity index (χ1v) is 47.2. The second-order valence-electron chi connectivity index (χ2n) is 33.8. The molecule has 0 radical (unpaired) electrons. The van der Waals surface area contributed by atoms with E-state index in [2.05, 4.69) is 394 Å². The van der Waals surface area contributed by atoms with E-state index in [1.807, 2.05) is 59.1 Å². The fourth-order valence-electron chi connectivity index (χ4n) is 21.4. The highest BCUT2D eigenvalue weighted by atomic mass is 32.2. The molecular formula is C119H69N7S4. The zero-order chi connectivity index (χ0) is 85.3. The summed E-state index contributed by atoms with van der Waals surface area (Å²) in [6, 6.07) is 151. The number of hydrogen-bond donors (Lipinski definition) is 0. The van der Waals surface area contributed by atoms with E-state index in [-0.39, 0.29) is 0 Å². The van der Waals surface area contributed by atoms with Crippen molar-refractivity contribution in [1.82, 2.24) is 34.9 Å². The van der Waals surface area contributed by atoms with Crippen LogP contribution in [0.4, 0.5) is 0 Å². The summed E-state index contributed by atoms with van der Waals surface area (Å²) in [5.74, 6) is 2.60. The molecule has 0 bridgehead atoms. The molecule has 7 nitrogen and oxygen atoms in total. The Kier molecular flexibility index (Phi) is 17.0. The first-order chi connectivity index (χ1) is 64.4. The van der Waals surface area contributed by atoms with Gasteiger partial charge in [-0.1, -0.05) is 375 Å². The van der Waals surface area contributed by atoms with Crippen LogP contribution in [-0.2, 0) is 10.8 Å². The van der Waals surface area contributed by atoms with E-state index in [4.69, 9.17) is 34.9 Å². The first-order valence-electron chi connectivity index (χ1n) is 43.9. The monoisotopic (exact) mass is 1720 g/mol. The molecule has 8 heterocycles. The molecule has 0 atom stereocenters. The number of thiophene rings is 2. The third-order valence-electron chi connectivity index (χ3n) is 26.9. The third-order valence-corrected chi connectivity index (χ3v) is 31.8. The van der Waals surface area contributed by atoms with Crippen molar-refractivity contribution in [1.29, 1.82) is 0 Å². The Morgan fingerprint density at radius 2 is 0.546 bits per heavy atom. The fourth-order valence-corrected chi connectivity index (χ4v) is 26.5. The van der Waals surface area contributed by atoms with Crippen LogP contribution >= 0.6 is 46.2 Å². The smallest absolute Gasteiger partial charge is 0.165 e. The molecule has 0 amide bonds. The van der Waals surface area contributed by atoms with Gasteiger partial charge < -0.3 is 0 Å². The van der Waals surface area contributed by atoms with E-state index in [0.717, 1.165) is 99.9 Å². The van der Waals surface area contributed by atoms with Crippen LogP contribution in [0.3, 0.4) is 0 Å². The minimum atomic E-state index is -0.514. The van der Waals surface area contributed by atoms with Crippen LogP contribution in [0, 0.1) is 0 Å². The Hall–Kier alpha value is -15.5. The average molecular weight is 1730 g/mol. The molecular weight excluding hydrogens is 1660 g/mol. The van der Waals surface area contributed by atoms with E-state index in [1.54, 1.807) is 11.3 Å². The van der Waals surface area contributed by atoms with Gasteiger partial charge in [-0.25, -0.2) is 34.9 Å². The molecule has 2 aliphatic carbocycles. The molecule has 6 aromatic heterocycles. The van der Waals surface area contributed by atoms with Gasteiger partial charge >= 0.3 is 0 Å². The van der Waals surface area contributed by atoms with Gasteiger partial charge in [-0.2, -0.15) is 0 Å². The van der Waals surface area contributed by atoms with E-state index < -0.39 is 10.8 Å². The second-order valence-corrected chi connectivity index (χ2v) is 38.0. The summed E-state index contributed by atoms with van der Waals surface area (Å²) in [6.45, 7) is 0. The van der Waals surface area contributed by atoms with E-state index in [0.29, 0.717) is 23.3 Å². The van der Waals surface area contributed by atoms with Crippen molar-refractivity contribution in [3.63, 3.8) is 0 Å². The molecule has 0 N–H and O–H groups in total. The van der Waals surface area contributed by atoms with Crippen LogP contribution in [0.2, 0.25) is 0 Å². The van der Waals surface area contributed by atoms with Crippen molar-refractivity contribution >= 4 is 130 Å². The Balaban J connectivity index is 0.000000134. The van der Waals surface area contributed by atoms with Crippen LogP contribution in [-0.4, -0.2) is 34.9 Å². The maximum Gasteiger partial charge on any atom is 0.165 e. The lowest BCUT2D eigenvalue weighted by Crippen LogP contribution is -2.32. The highest BCUT2D eigenvalue weighted by molar-refractivity contribution is 8.00. The molecule has 24 aromatic rings. The number of aromatic nitrogens is 7. The summed E-state index contributed by atoms with van der Waals surface area (Å²) in [4.78, 5) is 42.5. The molecule has 4 aliphatic rings. The Labute approximate surface area is 765 Å². The van der Waals surface area contributed by atoms with Gasteiger partial charge in [-0.05, 0) is 133 Å². The molecule has 0 saturated heterocycles. The third kappa shape index (κ3) is 11.3. The molecule has 0 unspecified atom stereocenters. The van der Waals surface area contributed by atoms with Crippen molar-refractivity contribution in [3.8, 4) is 113 Å². The SMILES string of the molecule is c1ccc(-c2nc(-c3ccc4nc(-c5ccccc5)c5ccc6c(c5c4c3)Sc3ccccc3C63c4ccccc4-c4ccccc43)cc(-c3cccc4c3sc3ccccc34)n2)cc1.c1ccc(-c2nc(-c3ccc4nc(-c5ccccc5)c5ccc6c(c5c4c3)Sc3ccccc3C63c4ccccc4-c4ccccc43)nc(-c3cccc4c3sc3ccccc34)n2)cc1. The van der Waals surface area contributed by atoms with E-state index >= 15 is 0 Å². The fraction of sp³-hybridized carbons (Fsp3) is 0.0168. The average Bonchev–Trinajstić information content (AvgIpc) is 1.49. The van der Waals surface area contributed by atoms with E-state index in [1.165, 1.54) is 137 Å². The largest absolute Gasteiger partial charge is 0.247 e. The number of benzene rings is 18. The number of nitrogens with zero attached hydrogens (tertiary/aromatic N) is 7. The zero-order valence-corrected chi connectivity index (χ0v) is 72.9. The van der Waals surface area contributed by atoms with Gasteiger partial charge in [0.2, 0.25) is 0 Å². The number of rotatable bonds is 8. The maximum absolute atomic E-state index is 5.51. The minimum Gasteiger partial charge on any atom is -0.247 e. The number of pyridine rings is 2. The first kappa shape index (κ1) is 74.7. The van der Waals surface area contributed by atoms with Crippen LogP contribution < -0.4 is 0 Å². The van der Waals surface area contributed by atoms with E-state index in [9.17, 15) is 0 Å². The summed E-state index contributed by atoms with van der Waals surface area (Å²) in [6.07, 6.45) is 0. The maximum atomic E-state index is 5.51.